The smallest absolute Gasteiger partial charge is 0.302 e. The number of carbonyl (C=O) groups is 1. The third-order valence-electron chi connectivity index (χ3n) is 5.09. The maximum atomic E-state index is 11.1. The third kappa shape index (κ3) is 22.2. The van der Waals surface area contributed by atoms with Crippen molar-refractivity contribution in [3.05, 3.63) is 38.4 Å². The van der Waals surface area contributed by atoms with Crippen molar-refractivity contribution in [2.45, 2.75) is 6.92 Å². The first-order valence-corrected chi connectivity index (χ1v) is 13.8. The van der Waals surface area contributed by atoms with E-state index in [4.69, 9.17) is 42.6 Å². The van der Waals surface area contributed by atoms with Gasteiger partial charge in [-0.25, -0.2) is 0 Å². The van der Waals surface area contributed by atoms with Crippen LogP contribution in [-0.2, 0) is 47.4 Å². The molecule has 0 heterocycles. The van der Waals surface area contributed by atoms with Crippen LogP contribution in [0.25, 0.3) is 0 Å². The number of non-ortho nitro benzene ring substituents is 1. The summed E-state index contributed by atoms with van der Waals surface area (Å²) in [6.07, 6.45) is 0. The number of nitro groups is 2. The first-order valence-electron chi connectivity index (χ1n) is 13.8. The van der Waals surface area contributed by atoms with Gasteiger partial charge in [0.1, 0.15) is 12.3 Å². The fourth-order valence-electron chi connectivity index (χ4n) is 3.08. The number of ether oxygens (including phenoxy) is 9. The summed E-state index contributed by atoms with van der Waals surface area (Å²) in [5.41, 5.74) is -0.533. The average Bonchev–Trinajstić information content (AvgIpc) is 2.98. The molecule has 0 bridgehead atoms. The average molecular weight is 622 g/mol. The zero-order valence-corrected chi connectivity index (χ0v) is 24.6. The van der Waals surface area contributed by atoms with Crippen molar-refractivity contribution in [3.8, 4) is 0 Å². The van der Waals surface area contributed by atoms with Gasteiger partial charge in [0.2, 0.25) is 0 Å². The lowest BCUT2D eigenvalue weighted by Crippen LogP contribution is -2.16. The summed E-state index contributed by atoms with van der Waals surface area (Å²) >= 11 is 0. The first kappa shape index (κ1) is 38.0. The number of nitrogens with one attached hydrogen (secondary N) is 1. The molecule has 0 unspecified atom stereocenters. The van der Waals surface area contributed by atoms with Crippen LogP contribution in [0.15, 0.2) is 18.2 Å². The van der Waals surface area contributed by atoms with E-state index in [1.807, 2.05) is 0 Å². The molecule has 43 heavy (non-hydrogen) atoms. The molecule has 246 valence electrons. The number of carbonyl (C=O) groups excluding carboxylic acids is 1. The molecule has 0 spiro atoms. The molecule has 1 aromatic rings. The molecule has 0 aliphatic rings. The van der Waals surface area contributed by atoms with Crippen molar-refractivity contribution >= 4 is 23.0 Å². The summed E-state index contributed by atoms with van der Waals surface area (Å²) < 4.78 is 47.8. The van der Waals surface area contributed by atoms with Gasteiger partial charge in [0, 0.05) is 19.5 Å². The minimum absolute atomic E-state index is 0.183. The first-order chi connectivity index (χ1) is 20.9. The standard InChI is InChI=1S/C26H43N3O14/c1-23(30)43-21-20-42-19-18-41-17-16-40-15-14-39-13-12-38-11-10-37-9-8-36-7-6-35-5-4-27-25-3-2-24(28(31)32)22-26(25)29(33)34/h2-3,22,27H,4-21H2,1H3. The van der Waals surface area contributed by atoms with E-state index in [0.29, 0.717) is 99.1 Å². The Balaban J connectivity index is 1.77. The Kier molecular flexibility index (Phi) is 23.5. The Bertz CT molecular complexity index is 893. The normalized spacial score (nSPS) is 11.0. The van der Waals surface area contributed by atoms with Crippen molar-refractivity contribution in [1.29, 1.82) is 0 Å². The van der Waals surface area contributed by atoms with Gasteiger partial charge in [-0.15, -0.1) is 0 Å². The maximum Gasteiger partial charge on any atom is 0.302 e. The van der Waals surface area contributed by atoms with Crippen LogP contribution in [0.2, 0.25) is 0 Å². The van der Waals surface area contributed by atoms with Crippen LogP contribution in [0.1, 0.15) is 6.92 Å². The number of rotatable bonds is 30. The Morgan fingerprint density at radius 3 is 1.33 bits per heavy atom. The van der Waals surface area contributed by atoms with Crippen LogP contribution in [0, 0.1) is 20.2 Å². The van der Waals surface area contributed by atoms with Gasteiger partial charge in [-0.3, -0.25) is 25.0 Å². The molecule has 0 saturated carbocycles. The number of hydrogen-bond acceptors (Lipinski definition) is 15. The SMILES string of the molecule is CC(=O)OCCOCCOCCOCCOCCOCCOCCOCCOCCNc1ccc([N+](=O)[O-])cc1[N+](=O)[O-]. The molecule has 0 aliphatic carbocycles. The number of esters is 1. The molecular weight excluding hydrogens is 578 g/mol. The van der Waals surface area contributed by atoms with Crippen LogP contribution >= 0.6 is 0 Å². The van der Waals surface area contributed by atoms with Crippen molar-refractivity contribution < 1.29 is 57.3 Å². The monoisotopic (exact) mass is 621 g/mol. The maximum absolute atomic E-state index is 11.1. The van der Waals surface area contributed by atoms with Crippen LogP contribution in [0.5, 0.6) is 0 Å². The summed E-state index contributed by atoms with van der Waals surface area (Å²) in [7, 11) is 0. The van der Waals surface area contributed by atoms with E-state index in [2.05, 4.69) is 5.32 Å². The number of nitrogens with zero attached hydrogens (tertiary/aromatic N) is 2. The van der Waals surface area contributed by atoms with E-state index in [1.54, 1.807) is 0 Å². The van der Waals surface area contributed by atoms with Gasteiger partial charge < -0.3 is 47.9 Å². The van der Waals surface area contributed by atoms with E-state index < -0.39 is 9.85 Å². The second kappa shape index (κ2) is 26.6. The highest BCUT2D eigenvalue weighted by molar-refractivity contribution is 5.66. The van der Waals surface area contributed by atoms with Gasteiger partial charge in [0.25, 0.3) is 11.4 Å². The highest BCUT2D eigenvalue weighted by atomic mass is 16.6. The topological polar surface area (TPSA) is 198 Å². The van der Waals surface area contributed by atoms with Crippen LogP contribution in [-0.4, -0.2) is 135 Å². The van der Waals surface area contributed by atoms with Crippen molar-refractivity contribution in [3.63, 3.8) is 0 Å². The quantitative estimate of drug-likeness (QED) is 0.0562. The Morgan fingerprint density at radius 2 is 0.977 bits per heavy atom. The zero-order chi connectivity index (χ0) is 31.4. The minimum atomic E-state index is -0.685. The second-order valence-electron chi connectivity index (χ2n) is 8.38. The Morgan fingerprint density at radius 1 is 0.605 bits per heavy atom. The van der Waals surface area contributed by atoms with Gasteiger partial charge in [0.15, 0.2) is 0 Å². The predicted molar refractivity (Wildman–Crippen MR) is 151 cm³/mol. The van der Waals surface area contributed by atoms with Crippen molar-refractivity contribution in [2.24, 2.45) is 0 Å². The molecule has 0 fully saturated rings. The molecule has 0 aromatic heterocycles. The third-order valence-corrected chi connectivity index (χ3v) is 5.09. The number of benzene rings is 1. The highest BCUT2D eigenvalue weighted by Crippen LogP contribution is 2.28. The van der Waals surface area contributed by atoms with Gasteiger partial charge in [-0.1, -0.05) is 0 Å². The number of nitro benzene ring substituents is 2. The van der Waals surface area contributed by atoms with Crippen LogP contribution < -0.4 is 5.32 Å². The molecule has 0 amide bonds. The van der Waals surface area contributed by atoms with Gasteiger partial charge in [-0.05, 0) is 6.07 Å². The van der Waals surface area contributed by atoms with Gasteiger partial charge in [0.05, 0.1) is 122 Å². The molecule has 17 nitrogen and oxygen atoms in total. The van der Waals surface area contributed by atoms with Crippen molar-refractivity contribution in [1.82, 2.24) is 0 Å². The summed E-state index contributed by atoms with van der Waals surface area (Å²) in [5, 5.41) is 24.7. The molecule has 0 aliphatic heterocycles. The number of hydrogen-bond donors (Lipinski definition) is 1. The second-order valence-corrected chi connectivity index (χ2v) is 8.38. The van der Waals surface area contributed by atoms with E-state index in [1.165, 1.54) is 19.1 Å². The molecule has 0 radical (unpaired) electrons. The van der Waals surface area contributed by atoms with E-state index in [-0.39, 0.29) is 42.8 Å². The zero-order valence-electron chi connectivity index (χ0n) is 24.6. The highest BCUT2D eigenvalue weighted by Gasteiger charge is 2.19. The largest absolute Gasteiger partial charge is 0.463 e. The van der Waals surface area contributed by atoms with Crippen LogP contribution in [0.3, 0.4) is 0 Å². The summed E-state index contributed by atoms with van der Waals surface area (Å²) in [6, 6.07) is 3.42. The van der Waals surface area contributed by atoms with E-state index >= 15 is 0 Å². The summed E-state index contributed by atoms with van der Waals surface area (Å²) in [4.78, 5) is 31.1. The molecular formula is C26H43N3O14. The van der Waals surface area contributed by atoms with Crippen LogP contribution in [0.4, 0.5) is 17.1 Å². The number of anilines is 1. The molecule has 0 saturated heterocycles. The molecule has 1 rings (SSSR count). The summed E-state index contributed by atoms with van der Waals surface area (Å²) in [5.74, 6) is -0.326. The lowest BCUT2D eigenvalue weighted by Gasteiger charge is -2.09. The molecule has 17 heteroatoms. The lowest BCUT2D eigenvalue weighted by molar-refractivity contribution is -0.393. The lowest BCUT2D eigenvalue weighted by atomic mass is 10.2. The van der Waals surface area contributed by atoms with E-state index in [9.17, 15) is 25.0 Å². The predicted octanol–water partition coefficient (Wildman–Crippen LogP) is 1.61. The fraction of sp³-hybridized carbons (Fsp3) is 0.731. The Labute approximate surface area is 250 Å². The molecule has 1 aromatic carbocycles. The fourth-order valence-corrected chi connectivity index (χ4v) is 3.08. The molecule has 1 N–H and O–H groups in total. The van der Waals surface area contributed by atoms with Gasteiger partial charge in [-0.2, -0.15) is 0 Å². The van der Waals surface area contributed by atoms with Gasteiger partial charge >= 0.3 is 5.97 Å². The van der Waals surface area contributed by atoms with E-state index in [0.717, 1.165) is 6.07 Å². The Hall–Kier alpha value is -3.03. The summed E-state index contributed by atoms with van der Waals surface area (Å²) in [6.45, 7) is 8.47. The minimum Gasteiger partial charge on any atom is -0.463 e. The molecule has 0 atom stereocenters. The van der Waals surface area contributed by atoms with Crippen molar-refractivity contribution in [2.75, 3.05) is 124 Å².